The van der Waals surface area contributed by atoms with Gasteiger partial charge in [-0.15, -0.1) is 0 Å². The molecule has 2 aliphatic rings. The number of amides is 1. The molecule has 1 unspecified atom stereocenters. The van der Waals surface area contributed by atoms with E-state index in [1.807, 2.05) is 13.0 Å². The highest BCUT2D eigenvalue weighted by Gasteiger charge is 2.28. The first-order valence-corrected chi connectivity index (χ1v) is 9.49. The normalized spacial score (nSPS) is 19.4. The summed E-state index contributed by atoms with van der Waals surface area (Å²) in [7, 11) is 0. The van der Waals surface area contributed by atoms with Crippen LogP contribution in [0.4, 0.5) is 4.39 Å². The summed E-state index contributed by atoms with van der Waals surface area (Å²) >= 11 is 0. The average Bonchev–Trinajstić information content (AvgIpc) is 3.24. The molecule has 2 heterocycles. The SMILES string of the molecule is Cc1ccc(-n2nc(C(=O)NCC3CCCNC3)c3c2CCC3)c(F)c1. The standard InChI is InChI=1S/C20H25FN4O/c1-13-7-8-18(16(21)10-13)25-17-6-2-5-15(17)19(24-25)20(26)23-12-14-4-3-9-22-11-14/h7-8,10,14,22H,2-6,9,11-12H2,1H3,(H,23,26). The van der Waals surface area contributed by atoms with Crippen LogP contribution in [0.15, 0.2) is 18.2 Å². The Hall–Kier alpha value is -2.21. The maximum absolute atomic E-state index is 14.4. The van der Waals surface area contributed by atoms with E-state index in [-0.39, 0.29) is 11.7 Å². The van der Waals surface area contributed by atoms with Gasteiger partial charge < -0.3 is 10.6 Å². The summed E-state index contributed by atoms with van der Waals surface area (Å²) < 4.78 is 16.1. The molecule has 2 aromatic rings. The molecule has 0 radical (unpaired) electrons. The van der Waals surface area contributed by atoms with Crippen LogP contribution in [0.25, 0.3) is 5.69 Å². The van der Waals surface area contributed by atoms with Crippen molar-refractivity contribution < 1.29 is 9.18 Å². The fourth-order valence-electron chi connectivity index (χ4n) is 4.02. The molecule has 1 saturated heterocycles. The summed E-state index contributed by atoms with van der Waals surface area (Å²) in [6, 6.07) is 5.12. The van der Waals surface area contributed by atoms with Gasteiger partial charge in [-0.3, -0.25) is 4.79 Å². The average molecular weight is 356 g/mol. The van der Waals surface area contributed by atoms with Gasteiger partial charge in [0.25, 0.3) is 5.91 Å². The lowest BCUT2D eigenvalue weighted by Crippen LogP contribution is -2.38. The van der Waals surface area contributed by atoms with Crippen molar-refractivity contribution in [2.45, 2.75) is 39.0 Å². The number of piperidine rings is 1. The van der Waals surface area contributed by atoms with Gasteiger partial charge in [-0.05, 0) is 75.7 Å². The van der Waals surface area contributed by atoms with E-state index in [0.29, 0.717) is 23.8 Å². The van der Waals surface area contributed by atoms with Gasteiger partial charge in [-0.1, -0.05) is 6.07 Å². The van der Waals surface area contributed by atoms with E-state index >= 15 is 0 Å². The van der Waals surface area contributed by atoms with Crippen molar-refractivity contribution in [3.8, 4) is 5.69 Å². The molecule has 1 aromatic heterocycles. The van der Waals surface area contributed by atoms with Crippen LogP contribution in [-0.4, -0.2) is 35.3 Å². The van der Waals surface area contributed by atoms with Gasteiger partial charge in [-0.25, -0.2) is 9.07 Å². The van der Waals surface area contributed by atoms with E-state index in [4.69, 9.17) is 0 Å². The molecule has 6 heteroatoms. The van der Waals surface area contributed by atoms with E-state index in [0.717, 1.165) is 62.0 Å². The number of benzene rings is 1. The van der Waals surface area contributed by atoms with Crippen LogP contribution in [-0.2, 0) is 12.8 Å². The fourth-order valence-corrected chi connectivity index (χ4v) is 4.02. The second-order valence-corrected chi connectivity index (χ2v) is 7.42. The summed E-state index contributed by atoms with van der Waals surface area (Å²) in [5.74, 6) is 0.0276. The fraction of sp³-hybridized carbons (Fsp3) is 0.500. The van der Waals surface area contributed by atoms with Crippen LogP contribution < -0.4 is 10.6 Å². The Kier molecular flexibility index (Phi) is 4.76. The number of nitrogens with one attached hydrogen (secondary N) is 2. The number of hydrogen-bond acceptors (Lipinski definition) is 3. The largest absolute Gasteiger partial charge is 0.350 e. The van der Waals surface area contributed by atoms with E-state index in [9.17, 15) is 9.18 Å². The second kappa shape index (κ2) is 7.19. The first-order chi connectivity index (χ1) is 12.6. The van der Waals surface area contributed by atoms with Crippen molar-refractivity contribution in [2.75, 3.05) is 19.6 Å². The summed E-state index contributed by atoms with van der Waals surface area (Å²) in [6.07, 6.45) is 4.92. The Bertz CT molecular complexity index is 823. The number of fused-ring (bicyclic) bond motifs is 1. The van der Waals surface area contributed by atoms with Crippen molar-refractivity contribution in [3.63, 3.8) is 0 Å². The summed E-state index contributed by atoms with van der Waals surface area (Å²) in [5, 5.41) is 10.9. The smallest absolute Gasteiger partial charge is 0.272 e. The van der Waals surface area contributed by atoms with Gasteiger partial charge in [0.05, 0.1) is 0 Å². The number of aromatic nitrogens is 2. The second-order valence-electron chi connectivity index (χ2n) is 7.42. The van der Waals surface area contributed by atoms with Crippen LogP contribution in [0.1, 0.15) is 46.6 Å². The number of hydrogen-bond donors (Lipinski definition) is 2. The van der Waals surface area contributed by atoms with E-state index in [1.54, 1.807) is 10.7 Å². The van der Waals surface area contributed by atoms with Crippen molar-refractivity contribution >= 4 is 5.91 Å². The van der Waals surface area contributed by atoms with Gasteiger partial charge in [0.15, 0.2) is 5.69 Å². The van der Waals surface area contributed by atoms with Gasteiger partial charge in [0.1, 0.15) is 11.5 Å². The number of rotatable bonds is 4. The third kappa shape index (κ3) is 3.26. The molecule has 4 rings (SSSR count). The Morgan fingerprint density at radius 3 is 3.04 bits per heavy atom. The third-order valence-electron chi connectivity index (χ3n) is 5.43. The summed E-state index contributed by atoms with van der Waals surface area (Å²) in [5.41, 5.74) is 3.70. The number of carbonyl (C=O) groups is 1. The van der Waals surface area contributed by atoms with E-state index in [2.05, 4.69) is 15.7 Å². The van der Waals surface area contributed by atoms with Crippen LogP contribution in [0.3, 0.4) is 0 Å². The molecule has 1 atom stereocenters. The molecule has 5 nitrogen and oxygen atoms in total. The van der Waals surface area contributed by atoms with Gasteiger partial charge in [0.2, 0.25) is 0 Å². The molecule has 0 bridgehead atoms. The Morgan fingerprint density at radius 2 is 2.27 bits per heavy atom. The maximum Gasteiger partial charge on any atom is 0.272 e. The molecule has 0 spiro atoms. The predicted molar refractivity (Wildman–Crippen MR) is 98.2 cm³/mol. The topological polar surface area (TPSA) is 59.0 Å². The maximum atomic E-state index is 14.4. The molecule has 2 N–H and O–H groups in total. The number of halogens is 1. The zero-order chi connectivity index (χ0) is 18.1. The molecule has 1 amide bonds. The zero-order valence-corrected chi connectivity index (χ0v) is 15.1. The van der Waals surface area contributed by atoms with Crippen LogP contribution in [0.5, 0.6) is 0 Å². The quantitative estimate of drug-likeness (QED) is 0.885. The minimum Gasteiger partial charge on any atom is -0.350 e. The lowest BCUT2D eigenvalue weighted by atomic mass is 10.00. The van der Waals surface area contributed by atoms with Crippen LogP contribution in [0, 0.1) is 18.7 Å². The van der Waals surface area contributed by atoms with Crippen molar-refractivity contribution in [3.05, 3.63) is 46.5 Å². The summed E-state index contributed by atoms with van der Waals surface area (Å²) in [4.78, 5) is 12.7. The lowest BCUT2D eigenvalue weighted by molar-refractivity contribution is 0.0938. The number of aryl methyl sites for hydroxylation is 1. The molecule has 0 saturated carbocycles. The van der Waals surface area contributed by atoms with Gasteiger partial charge in [0, 0.05) is 17.8 Å². The molecule has 138 valence electrons. The lowest BCUT2D eigenvalue weighted by Gasteiger charge is -2.22. The number of carbonyl (C=O) groups excluding carboxylic acids is 1. The summed E-state index contributed by atoms with van der Waals surface area (Å²) in [6.45, 7) is 4.53. The Balaban J connectivity index is 1.58. The monoisotopic (exact) mass is 356 g/mol. The Morgan fingerprint density at radius 1 is 1.38 bits per heavy atom. The first kappa shape index (κ1) is 17.2. The predicted octanol–water partition coefficient (Wildman–Crippen LogP) is 2.54. The molecule has 1 aliphatic carbocycles. The van der Waals surface area contributed by atoms with Gasteiger partial charge >= 0.3 is 0 Å². The minimum absolute atomic E-state index is 0.139. The van der Waals surface area contributed by atoms with Gasteiger partial charge in [-0.2, -0.15) is 5.10 Å². The molecule has 1 aliphatic heterocycles. The van der Waals surface area contributed by atoms with Crippen molar-refractivity contribution in [1.82, 2.24) is 20.4 Å². The Labute approximate surface area is 153 Å². The molecule has 26 heavy (non-hydrogen) atoms. The molecule has 1 fully saturated rings. The highest BCUT2D eigenvalue weighted by atomic mass is 19.1. The van der Waals surface area contributed by atoms with Crippen LogP contribution >= 0.6 is 0 Å². The minimum atomic E-state index is -0.303. The number of nitrogens with zero attached hydrogens (tertiary/aromatic N) is 2. The van der Waals surface area contributed by atoms with Crippen molar-refractivity contribution in [2.24, 2.45) is 5.92 Å². The molecular weight excluding hydrogens is 331 g/mol. The highest BCUT2D eigenvalue weighted by molar-refractivity contribution is 5.94. The van der Waals surface area contributed by atoms with Crippen LogP contribution in [0.2, 0.25) is 0 Å². The zero-order valence-electron chi connectivity index (χ0n) is 15.1. The van der Waals surface area contributed by atoms with Crippen molar-refractivity contribution in [1.29, 1.82) is 0 Å². The van der Waals surface area contributed by atoms with E-state index in [1.165, 1.54) is 6.07 Å². The van der Waals surface area contributed by atoms with E-state index < -0.39 is 0 Å². The highest BCUT2D eigenvalue weighted by Crippen LogP contribution is 2.29. The molecular formula is C20H25FN4O. The first-order valence-electron chi connectivity index (χ1n) is 9.49. The molecule has 1 aromatic carbocycles. The third-order valence-corrected chi connectivity index (χ3v) is 5.43.